The molecule has 5 heteroatoms. The Morgan fingerprint density at radius 1 is 0.303 bits per heavy atom. The van der Waals surface area contributed by atoms with Gasteiger partial charge in [-0.2, -0.15) is 0 Å². The molecule has 0 spiro atoms. The standard InChI is InChI=1S/C24H24O.C24H24S.2C22H21N.C22H20S/c2*1-16-8-5-9-17(14-16)15-18-10-6-12-20-22(18)23-19(24(2,3)4)11-7-13-21(23)25-20;1-22(2,3)16-9-8-10-17(15-16)23-20-13-6-4-11-18(20)19-12-5-7-14-21(19)23;1-22(2,3)16-12-14-17(15-13-16)23-20-10-6-4-8-18(20)19-9-5-7-11-21(19)23;1-22(2,3)17-12-8-14-19-21(17)20-16(11-7-13-18(20)23-19)15-9-5-4-6-10-15/h2*5-14H,15H2,1-4H3;2*4-15H,1-3H3;4-14H,1-3H3/i2*5D,8D,9D,14D;;;. The first kappa shape index (κ1) is 71.3. The highest BCUT2D eigenvalue weighted by Gasteiger charge is 2.26. The SMILES string of the molecule is CC(C)(C)c1ccc(-n2c3ccccc3c3ccccc32)cc1.CC(C)(C)c1cccc(-n2c3ccccc3c3ccccc32)c1.CC(C)(C)c1cccc2sc3cccc(-c4ccccc4)c3c12.[2H]c1c([2H])c(C)c([2H])c(Cc2cccc3oc4cccc(C(C)(C)C)c4c23)c1[2H].[2H]c1c([2H])c(C)c([2H])c(Cc2cccc3sc4cccc(C(C)(C)C)c4c23)c1[2H]. The van der Waals surface area contributed by atoms with Crippen molar-refractivity contribution in [3.63, 3.8) is 0 Å². The molecule has 0 aliphatic rings. The molecule has 0 atom stereocenters. The number of benzene rings is 15. The van der Waals surface area contributed by atoms with Crippen molar-refractivity contribution in [2.24, 2.45) is 0 Å². The summed E-state index contributed by atoms with van der Waals surface area (Å²) < 4.78 is 81.9. The zero-order valence-corrected chi connectivity index (χ0v) is 73.3. The van der Waals surface area contributed by atoms with Gasteiger partial charge < -0.3 is 13.6 Å². The first-order valence-electron chi connectivity index (χ1n) is 45.6. The number of hydrogen-bond donors (Lipinski definition) is 0. The number of para-hydroxylation sites is 4. The van der Waals surface area contributed by atoms with E-state index in [4.69, 9.17) is 15.4 Å². The molecule has 3 nitrogen and oxygen atoms in total. The second kappa shape index (κ2) is 32.8. The summed E-state index contributed by atoms with van der Waals surface area (Å²) in [4.78, 5) is 0. The van der Waals surface area contributed by atoms with E-state index < -0.39 is 0 Å². The van der Waals surface area contributed by atoms with Crippen molar-refractivity contribution in [3.8, 4) is 22.5 Å². The van der Waals surface area contributed by atoms with E-state index in [1.54, 1.807) is 25.2 Å². The summed E-state index contributed by atoms with van der Waals surface area (Å²) in [5.41, 5.74) is 22.8. The van der Waals surface area contributed by atoms with Crippen molar-refractivity contribution in [2.45, 2.75) is 158 Å². The predicted octanol–water partition coefficient (Wildman–Crippen LogP) is 33.2. The van der Waals surface area contributed by atoms with E-state index in [0.717, 1.165) is 33.1 Å². The number of aromatic nitrogens is 2. The first-order valence-corrected chi connectivity index (χ1v) is 43.2. The lowest BCUT2D eigenvalue weighted by Crippen LogP contribution is -2.11. The third-order valence-corrected chi connectivity index (χ3v) is 24.9. The number of furan rings is 1. The van der Waals surface area contributed by atoms with Gasteiger partial charge in [0.25, 0.3) is 0 Å². The lowest BCUT2D eigenvalue weighted by molar-refractivity contribution is 0.590. The van der Waals surface area contributed by atoms with E-state index in [1.807, 2.05) is 47.7 Å². The Balaban J connectivity index is 0.000000117. The van der Waals surface area contributed by atoms with Gasteiger partial charge in [0.2, 0.25) is 0 Å². The van der Waals surface area contributed by atoms with Gasteiger partial charge in [-0.1, -0.05) is 364 Å². The predicted molar refractivity (Wildman–Crippen MR) is 521 cm³/mol. The number of thiophene rings is 2. The lowest BCUT2D eigenvalue weighted by atomic mass is 9.83. The van der Waals surface area contributed by atoms with Crippen molar-refractivity contribution < 1.29 is 15.4 Å². The summed E-state index contributed by atoms with van der Waals surface area (Å²) in [6, 6.07) is 101. The van der Waals surface area contributed by atoms with Crippen LogP contribution in [0.4, 0.5) is 0 Å². The Hall–Kier alpha value is -11.9. The molecule has 119 heavy (non-hydrogen) atoms. The average molecular weight is 1600 g/mol. The topological polar surface area (TPSA) is 23.0 Å². The van der Waals surface area contributed by atoms with E-state index in [2.05, 4.69) is 362 Å². The number of nitrogens with zero attached hydrogens (tertiary/aromatic N) is 2. The fraction of sp³-hybridized carbons (Fsp3) is 0.211. The maximum Gasteiger partial charge on any atom is 0.135 e. The van der Waals surface area contributed by atoms with Crippen LogP contribution in [0.5, 0.6) is 0 Å². The average Bonchev–Trinajstić information content (AvgIpc) is 1.64. The normalized spacial score (nSPS) is 13.1. The summed E-state index contributed by atoms with van der Waals surface area (Å²) in [7, 11) is 0. The molecule has 0 bridgehead atoms. The van der Waals surface area contributed by atoms with Gasteiger partial charge in [-0.25, -0.2) is 0 Å². The minimum atomic E-state index is -0.117. The highest BCUT2D eigenvalue weighted by molar-refractivity contribution is 7.26. The molecular formula is C114H110N2OS2. The van der Waals surface area contributed by atoms with Gasteiger partial charge in [-0.3, -0.25) is 0 Å². The zero-order valence-electron chi connectivity index (χ0n) is 79.7. The summed E-state index contributed by atoms with van der Waals surface area (Å²) >= 11 is 3.67. The van der Waals surface area contributed by atoms with Crippen molar-refractivity contribution in [3.05, 3.63) is 395 Å². The van der Waals surface area contributed by atoms with Crippen LogP contribution in [0.3, 0.4) is 0 Å². The van der Waals surface area contributed by atoms with E-state index in [-0.39, 0.29) is 75.4 Å². The minimum Gasteiger partial charge on any atom is -0.456 e. The van der Waals surface area contributed by atoms with Gasteiger partial charge in [0.05, 0.1) is 33.0 Å². The van der Waals surface area contributed by atoms with Crippen LogP contribution in [0.1, 0.15) is 176 Å². The quantitative estimate of drug-likeness (QED) is 0.156. The molecule has 15 aromatic carbocycles. The minimum absolute atomic E-state index is 0.000402. The summed E-state index contributed by atoms with van der Waals surface area (Å²) in [6.07, 6.45) is 0.779. The molecule has 5 aromatic heterocycles. The Morgan fingerprint density at radius 2 is 0.681 bits per heavy atom. The Labute approximate surface area is 723 Å². The lowest BCUT2D eigenvalue weighted by Gasteiger charge is -2.21. The van der Waals surface area contributed by atoms with E-state index in [1.165, 1.54) is 134 Å². The maximum atomic E-state index is 8.48. The third-order valence-electron chi connectivity index (χ3n) is 22.7. The molecule has 5 heterocycles. The highest BCUT2D eigenvalue weighted by Crippen LogP contribution is 2.47. The zero-order chi connectivity index (χ0) is 90.3. The first-order chi connectivity index (χ1) is 60.4. The number of fused-ring (bicyclic) bond motifs is 15. The fourth-order valence-corrected chi connectivity index (χ4v) is 19.3. The highest BCUT2D eigenvalue weighted by atomic mass is 32.1. The smallest absolute Gasteiger partial charge is 0.135 e. The van der Waals surface area contributed by atoms with E-state index in [9.17, 15) is 0 Å². The fourth-order valence-electron chi connectivity index (χ4n) is 16.9. The Bertz CT molecular complexity index is 7230. The molecule has 0 amide bonds. The van der Waals surface area contributed by atoms with Gasteiger partial charge >= 0.3 is 0 Å². The van der Waals surface area contributed by atoms with Crippen LogP contribution in [-0.4, -0.2) is 9.13 Å². The number of rotatable bonds is 7. The van der Waals surface area contributed by atoms with E-state index >= 15 is 0 Å². The van der Waals surface area contributed by atoms with Crippen molar-refractivity contribution in [1.82, 2.24) is 9.13 Å². The monoisotopic (exact) mass is 1590 g/mol. The molecule has 0 saturated heterocycles. The van der Waals surface area contributed by atoms with Crippen molar-refractivity contribution in [2.75, 3.05) is 0 Å². The van der Waals surface area contributed by atoms with Crippen molar-refractivity contribution >= 4 is 129 Å². The van der Waals surface area contributed by atoms with Crippen LogP contribution in [-0.2, 0) is 39.9 Å². The molecule has 0 fully saturated rings. The molecular weight excluding hydrogens is 1480 g/mol. The largest absolute Gasteiger partial charge is 0.456 e. The summed E-state index contributed by atoms with van der Waals surface area (Å²) in [5, 5.41) is 12.6. The summed E-state index contributed by atoms with van der Waals surface area (Å²) in [6.45, 7) is 37.0. The van der Waals surface area contributed by atoms with Crippen LogP contribution >= 0.6 is 22.7 Å². The molecule has 0 unspecified atom stereocenters. The second-order valence-corrected chi connectivity index (χ2v) is 38.8. The Morgan fingerprint density at radius 3 is 1.16 bits per heavy atom. The van der Waals surface area contributed by atoms with Crippen LogP contribution in [0.15, 0.2) is 338 Å². The van der Waals surface area contributed by atoms with Crippen LogP contribution in [0.2, 0.25) is 0 Å². The van der Waals surface area contributed by atoms with Gasteiger partial charge in [-0.05, 0) is 200 Å². The van der Waals surface area contributed by atoms with Crippen LogP contribution in [0.25, 0.3) is 128 Å². The molecule has 594 valence electrons. The van der Waals surface area contributed by atoms with E-state index in [0.29, 0.717) is 35.1 Å². The molecule has 20 rings (SSSR count). The van der Waals surface area contributed by atoms with Gasteiger partial charge in [0, 0.05) is 84.0 Å². The molecule has 20 aromatic rings. The summed E-state index contributed by atoms with van der Waals surface area (Å²) in [5.74, 6) is 0. The number of hydrogen-bond acceptors (Lipinski definition) is 3. The maximum absolute atomic E-state index is 8.48. The van der Waals surface area contributed by atoms with Crippen LogP contribution in [0, 0.1) is 13.8 Å². The Kier molecular flexibility index (Phi) is 19.6. The van der Waals surface area contributed by atoms with Crippen LogP contribution < -0.4 is 0 Å². The molecule has 0 radical (unpaired) electrons. The molecule has 0 aliphatic heterocycles. The molecule has 0 saturated carbocycles. The van der Waals surface area contributed by atoms with Gasteiger partial charge in [0.1, 0.15) is 11.2 Å². The third kappa shape index (κ3) is 16.8. The van der Waals surface area contributed by atoms with Crippen molar-refractivity contribution in [1.29, 1.82) is 0 Å². The molecule has 0 aliphatic carbocycles. The van der Waals surface area contributed by atoms with Gasteiger partial charge in [-0.15, -0.1) is 22.7 Å². The van der Waals surface area contributed by atoms with Gasteiger partial charge in [0.15, 0.2) is 0 Å². The molecule has 0 N–H and O–H groups in total. The second-order valence-electron chi connectivity index (χ2n) is 36.6.